The second-order valence-corrected chi connectivity index (χ2v) is 6.37. The summed E-state index contributed by atoms with van der Waals surface area (Å²) >= 11 is 0. The van der Waals surface area contributed by atoms with Crippen molar-refractivity contribution < 1.29 is 5.11 Å². The number of nitrogens with one attached hydrogen (secondary N) is 1. The van der Waals surface area contributed by atoms with Gasteiger partial charge >= 0.3 is 0 Å². The lowest BCUT2D eigenvalue weighted by molar-refractivity contribution is 0.241. The van der Waals surface area contributed by atoms with Crippen LogP contribution in [-0.4, -0.2) is 35.5 Å². The van der Waals surface area contributed by atoms with E-state index < -0.39 is 0 Å². The average molecular weight is 326 g/mol. The van der Waals surface area contributed by atoms with Gasteiger partial charge in [-0.25, -0.2) is 9.67 Å². The van der Waals surface area contributed by atoms with Crippen LogP contribution in [0.3, 0.4) is 0 Å². The first-order valence-electron chi connectivity index (χ1n) is 8.51. The van der Waals surface area contributed by atoms with Crippen LogP contribution in [0.25, 0.3) is 5.65 Å². The number of rotatable bonds is 5. The highest BCUT2D eigenvalue weighted by Crippen LogP contribution is 2.28. The lowest BCUT2D eigenvalue weighted by atomic mass is 9.90. The van der Waals surface area contributed by atoms with Crippen molar-refractivity contribution in [1.82, 2.24) is 29.7 Å². The van der Waals surface area contributed by atoms with Crippen LogP contribution in [0, 0.1) is 0 Å². The number of hydrogen-bond acceptors (Lipinski definition) is 5. The molecule has 2 N–H and O–H groups in total. The van der Waals surface area contributed by atoms with E-state index in [2.05, 4.69) is 25.0 Å². The zero-order chi connectivity index (χ0) is 16.4. The summed E-state index contributed by atoms with van der Waals surface area (Å²) in [6.07, 6.45) is 10.5. The summed E-state index contributed by atoms with van der Waals surface area (Å²) in [6, 6.07) is 6.67. The van der Waals surface area contributed by atoms with Gasteiger partial charge in [0.25, 0.3) is 0 Å². The SMILES string of the molecule is OCc1cn([C@@H]2CCCC[C@@H]2NCc2cnc3ccccn23)nn1. The molecule has 1 aliphatic rings. The number of nitrogens with zero attached hydrogens (tertiary/aromatic N) is 5. The van der Waals surface area contributed by atoms with Gasteiger partial charge in [0.1, 0.15) is 11.3 Å². The molecular formula is C17H22N6O. The maximum Gasteiger partial charge on any atom is 0.136 e. The molecule has 2 atom stereocenters. The fourth-order valence-electron chi connectivity index (χ4n) is 3.57. The van der Waals surface area contributed by atoms with Crippen LogP contribution < -0.4 is 5.32 Å². The Balaban J connectivity index is 1.49. The zero-order valence-electron chi connectivity index (χ0n) is 13.5. The van der Waals surface area contributed by atoms with Crippen molar-refractivity contribution in [2.75, 3.05) is 0 Å². The molecule has 0 bridgehead atoms. The van der Waals surface area contributed by atoms with E-state index in [-0.39, 0.29) is 12.6 Å². The third-order valence-corrected chi connectivity index (χ3v) is 4.83. The van der Waals surface area contributed by atoms with E-state index in [9.17, 15) is 5.11 Å². The van der Waals surface area contributed by atoms with Crippen LogP contribution in [0.2, 0.25) is 0 Å². The molecule has 7 heteroatoms. The predicted octanol–water partition coefficient (Wildman–Crippen LogP) is 1.69. The molecule has 4 rings (SSSR count). The molecule has 0 aliphatic heterocycles. The van der Waals surface area contributed by atoms with Crippen molar-refractivity contribution in [2.45, 2.75) is 50.9 Å². The van der Waals surface area contributed by atoms with E-state index in [1.165, 1.54) is 12.8 Å². The lowest BCUT2D eigenvalue weighted by Crippen LogP contribution is -2.40. The molecule has 0 aromatic carbocycles. The van der Waals surface area contributed by atoms with Gasteiger partial charge in [0.2, 0.25) is 0 Å². The lowest BCUT2D eigenvalue weighted by Gasteiger charge is -2.32. The topological polar surface area (TPSA) is 80.3 Å². The Labute approximate surface area is 140 Å². The van der Waals surface area contributed by atoms with Gasteiger partial charge in [-0.3, -0.25) is 0 Å². The Kier molecular flexibility index (Phi) is 4.27. The van der Waals surface area contributed by atoms with Crippen LogP contribution in [0.1, 0.15) is 43.1 Å². The molecule has 0 spiro atoms. The number of fused-ring (bicyclic) bond motifs is 1. The quantitative estimate of drug-likeness (QED) is 0.746. The summed E-state index contributed by atoms with van der Waals surface area (Å²) in [5.74, 6) is 0. The Morgan fingerprint density at radius 3 is 3.04 bits per heavy atom. The molecule has 0 saturated heterocycles. The fourth-order valence-corrected chi connectivity index (χ4v) is 3.57. The standard InChI is InChI=1S/C17H22N6O/c24-12-13-11-23(21-20-13)16-6-2-1-5-15(16)18-9-14-10-19-17-7-3-4-8-22(14)17/h3-4,7-8,10-11,15-16,18,24H,1-2,5-6,9,12H2/t15-,16+/m0/s1. The van der Waals surface area contributed by atoms with Gasteiger partial charge in [-0.05, 0) is 25.0 Å². The molecular weight excluding hydrogens is 304 g/mol. The van der Waals surface area contributed by atoms with Crippen LogP contribution in [-0.2, 0) is 13.2 Å². The maximum atomic E-state index is 9.20. The molecule has 1 saturated carbocycles. The first-order chi connectivity index (χ1) is 11.8. The van der Waals surface area contributed by atoms with Gasteiger partial charge in [0, 0.05) is 18.8 Å². The summed E-state index contributed by atoms with van der Waals surface area (Å²) in [6.45, 7) is 0.709. The van der Waals surface area contributed by atoms with E-state index in [0.717, 1.165) is 30.7 Å². The maximum absolute atomic E-state index is 9.20. The molecule has 3 aromatic heterocycles. The number of aromatic nitrogens is 5. The second-order valence-electron chi connectivity index (χ2n) is 6.37. The third kappa shape index (κ3) is 2.92. The van der Waals surface area contributed by atoms with Crippen molar-refractivity contribution in [1.29, 1.82) is 0 Å². The molecule has 1 aliphatic carbocycles. The summed E-state index contributed by atoms with van der Waals surface area (Å²) in [5.41, 5.74) is 2.75. The van der Waals surface area contributed by atoms with Crippen molar-refractivity contribution in [3.8, 4) is 0 Å². The number of hydrogen-bond donors (Lipinski definition) is 2. The minimum absolute atomic E-state index is 0.0629. The largest absolute Gasteiger partial charge is 0.390 e. The van der Waals surface area contributed by atoms with E-state index in [1.807, 2.05) is 41.5 Å². The second kappa shape index (κ2) is 6.70. The molecule has 1 fully saturated rings. The van der Waals surface area contributed by atoms with Crippen LogP contribution in [0.4, 0.5) is 0 Å². The Hall–Kier alpha value is -2.25. The average Bonchev–Trinajstić information content (AvgIpc) is 3.27. The molecule has 0 amide bonds. The van der Waals surface area contributed by atoms with Crippen LogP contribution in [0.15, 0.2) is 36.8 Å². The molecule has 7 nitrogen and oxygen atoms in total. The monoisotopic (exact) mass is 326 g/mol. The predicted molar refractivity (Wildman–Crippen MR) is 89.3 cm³/mol. The summed E-state index contributed by atoms with van der Waals surface area (Å²) in [7, 11) is 0. The number of aliphatic hydroxyl groups is 1. The van der Waals surface area contributed by atoms with Crippen molar-refractivity contribution in [3.05, 3.63) is 48.2 Å². The molecule has 3 aromatic rings. The van der Waals surface area contributed by atoms with Crippen molar-refractivity contribution >= 4 is 5.65 Å². The Bertz CT molecular complexity index is 810. The zero-order valence-corrected chi connectivity index (χ0v) is 13.5. The smallest absolute Gasteiger partial charge is 0.136 e. The van der Waals surface area contributed by atoms with Gasteiger partial charge in [-0.2, -0.15) is 0 Å². The number of pyridine rings is 1. The Morgan fingerprint density at radius 2 is 2.17 bits per heavy atom. The third-order valence-electron chi connectivity index (χ3n) is 4.83. The molecule has 0 radical (unpaired) electrons. The Morgan fingerprint density at radius 1 is 1.25 bits per heavy atom. The van der Waals surface area contributed by atoms with E-state index in [1.54, 1.807) is 0 Å². The number of imidazole rings is 1. The fraction of sp³-hybridized carbons (Fsp3) is 0.471. The minimum Gasteiger partial charge on any atom is -0.390 e. The van der Waals surface area contributed by atoms with Crippen molar-refractivity contribution in [3.63, 3.8) is 0 Å². The van der Waals surface area contributed by atoms with Gasteiger partial charge in [0.15, 0.2) is 0 Å². The molecule has 3 heterocycles. The van der Waals surface area contributed by atoms with Gasteiger partial charge in [0.05, 0.1) is 30.7 Å². The summed E-state index contributed by atoms with van der Waals surface area (Å²) < 4.78 is 4.03. The minimum atomic E-state index is -0.0629. The van der Waals surface area contributed by atoms with Gasteiger partial charge < -0.3 is 14.8 Å². The van der Waals surface area contributed by atoms with E-state index in [0.29, 0.717) is 11.7 Å². The van der Waals surface area contributed by atoms with E-state index >= 15 is 0 Å². The molecule has 24 heavy (non-hydrogen) atoms. The molecule has 0 unspecified atom stereocenters. The first kappa shape index (κ1) is 15.3. The summed E-state index contributed by atoms with van der Waals surface area (Å²) in [5, 5.41) is 21.1. The number of aliphatic hydroxyl groups excluding tert-OH is 1. The van der Waals surface area contributed by atoms with E-state index in [4.69, 9.17) is 0 Å². The first-order valence-corrected chi connectivity index (χ1v) is 8.51. The highest BCUT2D eigenvalue weighted by atomic mass is 16.3. The molecule has 126 valence electrons. The summed E-state index contributed by atoms with van der Waals surface area (Å²) in [4.78, 5) is 4.44. The van der Waals surface area contributed by atoms with Gasteiger partial charge in [-0.15, -0.1) is 5.10 Å². The normalized spacial score (nSPS) is 21.4. The van der Waals surface area contributed by atoms with Crippen molar-refractivity contribution in [2.24, 2.45) is 0 Å². The van der Waals surface area contributed by atoms with Crippen LogP contribution >= 0.6 is 0 Å². The highest BCUT2D eigenvalue weighted by Gasteiger charge is 2.27. The highest BCUT2D eigenvalue weighted by molar-refractivity contribution is 5.39. The van der Waals surface area contributed by atoms with Crippen LogP contribution in [0.5, 0.6) is 0 Å². The van der Waals surface area contributed by atoms with Gasteiger partial charge in [-0.1, -0.05) is 24.1 Å².